The summed E-state index contributed by atoms with van der Waals surface area (Å²) in [7, 11) is 3.10. The summed E-state index contributed by atoms with van der Waals surface area (Å²) >= 11 is 0. The van der Waals surface area contributed by atoms with Crippen LogP contribution < -0.4 is 25.4 Å². The Bertz CT molecular complexity index is 1310. The highest BCUT2D eigenvalue weighted by molar-refractivity contribution is 6.06. The van der Waals surface area contributed by atoms with Crippen LogP contribution >= 0.6 is 0 Å². The minimum absolute atomic E-state index is 0.236. The van der Waals surface area contributed by atoms with E-state index in [0.717, 1.165) is 16.6 Å². The number of carbonyl (C=O) groups is 3. The molecular weight excluding hydrogens is 500 g/mol. The molecule has 39 heavy (non-hydrogen) atoms. The van der Waals surface area contributed by atoms with Crippen molar-refractivity contribution in [1.82, 2.24) is 15.6 Å². The maximum atomic E-state index is 12.8. The molecule has 10 nitrogen and oxygen atoms in total. The van der Waals surface area contributed by atoms with Crippen molar-refractivity contribution < 1.29 is 28.6 Å². The van der Waals surface area contributed by atoms with Gasteiger partial charge < -0.3 is 35.1 Å². The SMILES string of the molecule is CCC(NC(=O)OC(C)(C)C)C(=O)NCCCc1cc2cc(C(=O)Nc3ccc(OC)c(OC)c3)ccc2[nH]1. The van der Waals surface area contributed by atoms with Gasteiger partial charge in [0.15, 0.2) is 11.5 Å². The number of methoxy groups -OCH3 is 2. The molecule has 3 aromatic rings. The Morgan fingerprint density at radius 2 is 1.72 bits per heavy atom. The molecular formula is C29H38N4O6. The number of anilines is 1. The number of rotatable bonds is 11. The molecule has 10 heteroatoms. The summed E-state index contributed by atoms with van der Waals surface area (Å²) in [6.07, 6.45) is 1.25. The molecule has 2 aromatic carbocycles. The standard InChI is InChI=1S/C29H38N4O6/c1-7-22(33-28(36)39-29(2,3)4)27(35)30-14-8-9-20-16-19-15-18(10-12-23(19)31-20)26(34)32-21-11-13-24(37-5)25(17-21)38-6/h10-13,15-17,22,31H,7-9,14H2,1-6H3,(H,30,35)(H,32,34)(H,33,36). The highest BCUT2D eigenvalue weighted by Crippen LogP contribution is 2.30. The first-order valence-corrected chi connectivity index (χ1v) is 12.9. The summed E-state index contributed by atoms with van der Waals surface area (Å²) in [6.45, 7) is 7.60. The first kappa shape index (κ1) is 29.3. The molecule has 4 N–H and O–H groups in total. The number of aromatic amines is 1. The van der Waals surface area contributed by atoms with Crippen LogP contribution in [0.4, 0.5) is 10.5 Å². The van der Waals surface area contributed by atoms with Crippen LogP contribution in [0.1, 0.15) is 56.6 Å². The van der Waals surface area contributed by atoms with Gasteiger partial charge in [-0.2, -0.15) is 0 Å². The molecule has 0 radical (unpaired) electrons. The quantitative estimate of drug-likeness (QED) is 0.260. The average molecular weight is 539 g/mol. The van der Waals surface area contributed by atoms with Crippen molar-refractivity contribution in [2.45, 2.75) is 58.6 Å². The number of hydrogen-bond donors (Lipinski definition) is 4. The number of H-pyrrole nitrogens is 1. The van der Waals surface area contributed by atoms with Gasteiger partial charge in [-0.05, 0) is 76.4 Å². The zero-order chi connectivity index (χ0) is 28.6. The number of aryl methyl sites for hydroxylation is 1. The van der Waals surface area contributed by atoms with Crippen molar-refractivity contribution in [3.8, 4) is 11.5 Å². The molecule has 0 aliphatic rings. The van der Waals surface area contributed by atoms with Crippen LogP contribution in [-0.2, 0) is 16.0 Å². The summed E-state index contributed by atoms with van der Waals surface area (Å²) in [5.41, 5.74) is 2.41. The number of amides is 3. The summed E-state index contributed by atoms with van der Waals surface area (Å²) in [5, 5.41) is 9.30. The van der Waals surface area contributed by atoms with Gasteiger partial charge in [0.05, 0.1) is 14.2 Å². The zero-order valence-corrected chi connectivity index (χ0v) is 23.4. The van der Waals surface area contributed by atoms with Gasteiger partial charge in [-0.1, -0.05) is 6.92 Å². The van der Waals surface area contributed by atoms with E-state index in [0.29, 0.717) is 48.6 Å². The number of ether oxygens (including phenoxy) is 3. The largest absolute Gasteiger partial charge is 0.493 e. The molecule has 0 bridgehead atoms. The molecule has 1 atom stereocenters. The van der Waals surface area contributed by atoms with E-state index in [2.05, 4.69) is 20.9 Å². The number of nitrogens with one attached hydrogen (secondary N) is 4. The van der Waals surface area contributed by atoms with E-state index in [9.17, 15) is 14.4 Å². The van der Waals surface area contributed by atoms with Crippen LogP contribution in [0.2, 0.25) is 0 Å². The van der Waals surface area contributed by atoms with E-state index in [4.69, 9.17) is 14.2 Å². The van der Waals surface area contributed by atoms with Crippen LogP contribution in [0.3, 0.4) is 0 Å². The normalized spacial score (nSPS) is 11.9. The highest BCUT2D eigenvalue weighted by Gasteiger charge is 2.22. The molecule has 1 heterocycles. The third-order valence-corrected chi connectivity index (χ3v) is 5.92. The Hall–Kier alpha value is -4.21. The number of aromatic nitrogens is 1. The van der Waals surface area contributed by atoms with Crippen LogP contribution in [-0.4, -0.2) is 55.3 Å². The molecule has 0 saturated heterocycles. The lowest BCUT2D eigenvalue weighted by Crippen LogP contribution is -2.48. The van der Waals surface area contributed by atoms with Crippen LogP contribution in [0.15, 0.2) is 42.5 Å². The summed E-state index contributed by atoms with van der Waals surface area (Å²) in [4.78, 5) is 40.7. The van der Waals surface area contributed by atoms with E-state index in [1.54, 1.807) is 59.3 Å². The Kier molecular flexibility index (Phi) is 9.81. The molecule has 3 amide bonds. The van der Waals surface area contributed by atoms with Gasteiger partial charge in [0.2, 0.25) is 5.91 Å². The van der Waals surface area contributed by atoms with Gasteiger partial charge in [0.1, 0.15) is 11.6 Å². The minimum atomic E-state index is -0.656. The molecule has 0 saturated carbocycles. The van der Waals surface area contributed by atoms with Crippen molar-refractivity contribution in [3.63, 3.8) is 0 Å². The van der Waals surface area contributed by atoms with Gasteiger partial charge in [-0.3, -0.25) is 9.59 Å². The third-order valence-electron chi connectivity index (χ3n) is 5.92. The van der Waals surface area contributed by atoms with Crippen LogP contribution in [0.25, 0.3) is 10.9 Å². The lowest BCUT2D eigenvalue weighted by molar-refractivity contribution is -0.123. The lowest BCUT2D eigenvalue weighted by Gasteiger charge is -2.22. The van der Waals surface area contributed by atoms with Gasteiger partial charge in [-0.15, -0.1) is 0 Å². The van der Waals surface area contributed by atoms with Crippen molar-refractivity contribution in [2.24, 2.45) is 0 Å². The molecule has 3 rings (SSSR count). The number of fused-ring (bicyclic) bond motifs is 1. The smallest absolute Gasteiger partial charge is 0.408 e. The Balaban J connectivity index is 1.52. The third kappa shape index (κ3) is 8.39. The summed E-state index contributed by atoms with van der Waals surface area (Å²) in [5.74, 6) is 0.630. The highest BCUT2D eigenvalue weighted by atomic mass is 16.6. The monoisotopic (exact) mass is 538 g/mol. The molecule has 0 spiro atoms. The number of benzene rings is 2. The predicted molar refractivity (Wildman–Crippen MR) is 151 cm³/mol. The van der Waals surface area contributed by atoms with E-state index < -0.39 is 17.7 Å². The molecule has 0 aliphatic heterocycles. The summed E-state index contributed by atoms with van der Waals surface area (Å²) in [6, 6.07) is 12.0. The second kappa shape index (κ2) is 13.0. The fraction of sp³-hybridized carbons (Fsp3) is 0.414. The fourth-order valence-corrected chi connectivity index (χ4v) is 4.00. The first-order chi connectivity index (χ1) is 18.5. The molecule has 1 aromatic heterocycles. The lowest BCUT2D eigenvalue weighted by atomic mass is 10.1. The predicted octanol–water partition coefficient (Wildman–Crippen LogP) is 4.79. The number of alkyl carbamates (subject to hydrolysis) is 1. The van der Waals surface area contributed by atoms with E-state index in [-0.39, 0.29) is 11.8 Å². The first-order valence-electron chi connectivity index (χ1n) is 12.9. The van der Waals surface area contributed by atoms with Crippen LogP contribution in [0, 0.1) is 0 Å². The van der Waals surface area contributed by atoms with Gasteiger partial charge in [-0.25, -0.2) is 4.79 Å². The molecule has 0 fully saturated rings. The zero-order valence-electron chi connectivity index (χ0n) is 23.4. The maximum Gasteiger partial charge on any atom is 0.408 e. The second-order valence-electron chi connectivity index (χ2n) is 10.1. The summed E-state index contributed by atoms with van der Waals surface area (Å²) < 4.78 is 15.8. The van der Waals surface area contributed by atoms with Crippen molar-refractivity contribution >= 4 is 34.5 Å². The van der Waals surface area contributed by atoms with Crippen molar-refractivity contribution in [3.05, 3.63) is 53.7 Å². The van der Waals surface area contributed by atoms with E-state index in [1.807, 2.05) is 25.1 Å². The van der Waals surface area contributed by atoms with Gasteiger partial charge in [0, 0.05) is 40.5 Å². The van der Waals surface area contributed by atoms with Crippen molar-refractivity contribution in [1.29, 1.82) is 0 Å². The maximum absolute atomic E-state index is 12.8. The second-order valence-corrected chi connectivity index (χ2v) is 10.1. The Morgan fingerprint density at radius 3 is 2.38 bits per heavy atom. The van der Waals surface area contributed by atoms with E-state index in [1.165, 1.54) is 0 Å². The molecule has 1 unspecified atom stereocenters. The van der Waals surface area contributed by atoms with E-state index >= 15 is 0 Å². The number of hydrogen-bond acceptors (Lipinski definition) is 6. The van der Waals surface area contributed by atoms with Gasteiger partial charge in [0.25, 0.3) is 5.91 Å². The molecule has 210 valence electrons. The average Bonchev–Trinajstić information content (AvgIpc) is 3.30. The number of carbonyl (C=O) groups excluding carboxylic acids is 3. The van der Waals surface area contributed by atoms with Crippen LogP contribution in [0.5, 0.6) is 11.5 Å². The van der Waals surface area contributed by atoms with Gasteiger partial charge >= 0.3 is 6.09 Å². The topological polar surface area (TPSA) is 131 Å². The Labute approximate surface area is 228 Å². The van der Waals surface area contributed by atoms with Crippen molar-refractivity contribution in [2.75, 3.05) is 26.1 Å². The minimum Gasteiger partial charge on any atom is -0.493 e. The fourth-order valence-electron chi connectivity index (χ4n) is 4.00. The Morgan fingerprint density at radius 1 is 0.974 bits per heavy atom. The molecule has 0 aliphatic carbocycles.